The van der Waals surface area contributed by atoms with E-state index in [0.29, 0.717) is 6.01 Å². The normalized spacial score (nSPS) is 17.0. The van der Waals surface area contributed by atoms with E-state index in [2.05, 4.69) is 39.0 Å². The summed E-state index contributed by atoms with van der Waals surface area (Å²) >= 11 is 0. The first-order valence-electron chi connectivity index (χ1n) is 10.4. The largest absolute Gasteiger partial charge is 0.497 e. The van der Waals surface area contributed by atoms with Crippen molar-refractivity contribution in [2.24, 2.45) is 0 Å². The highest BCUT2D eigenvalue weighted by molar-refractivity contribution is 5.87. The molecule has 0 atom stereocenters. The van der Waals surface area contributed by atoms with Gasteiger partial charge >= 0.3 is 0 Å². The van der Waals surface area contributed by atoms with Gasteiger partial charge in [-0.3, -0.25) is 0 Å². The van der Waals surface area contributed by atoms with Gasteiger partial charge in [-0.05, 0) is 36.4 Å². The first-order chi connectivity index (χ1) is 14.8. The number of nitrogens with zero attached hydrogens (tertiary/aromatic N) is 3. The quantitative estimate of drug-likeness (QED) is 0.561. The molecule has 2 aliphatic rings. The highest BCUT2D eigenvalue weighted by Gasteiger charge is 2.23. The third-order valence-electron chi connectivity index (χ3n) is 6.19. The van der Waals surface area contributed by atoms with Crippen molar-refractivity contribution in [3.8, 4) is 5.75 Å². The van der Waals surface area contributed by atoms with Crippen molar-refractivity contribution in [1.82, 2.24) is 9.97 Å². The summed E-state index contributed by atoms with van der Waals surface area (Å²) < 4.78 is 16.9. The number of ether oxygens (including phenoxy) is 2. The van der Waals surface area contributed by atoms with E-state index in [9.17, 15) is 0 Å². The van der Waals surface area contributed by atoms with E-state index in [1.165, 1.54) is 27.8 Å². The summed E-state index contributed by atoms with van der Waals surface area (Å²) in [5, 5.41) is 1.24. The molecule has 0 aliphatic carbocycles. The molecule has 6 rings (SSSR count). The van der Waals surface area contributed by atoms with Gasteiger partial charge in [-0.1, -0.05) is 0 Å². The van der Waals surface area contributed by atoms with Crippen LogP contribution in [0.5, 0.6) is 5.75 Å². The zero-order valence-electron chi connectivity index (χ0n) is 17.0. The number of fused-ring (bicyclic) bond motifs is 4. The van der Waals surface area contributed by atoms with Gasteiger partial charge in [-0.25, -0.2) is 0 Å². The van der Waals surface area contributed by atoms with E-state index in [1.807, 2.05) is 12.1 Å². The van der Waals surface area contributed by atoms with Crippen LogP contribution >= 0.6 is 0 Å². The monoisotopic (exact) mass is 404 g/mol. The number of benzene rings is 2. The maximum atomic E-state index is 6.00. The topological polar surface area (TPSA) is 66.8 Å². The van der Waals surface area contributed by atoms with Gasteiger partial charge in [-0.15, -0.1) is 0 Å². The number of hydrogen-bond donors (Lipinski definition) is 1. The van der Waals surface area contributed by atoms with Gasteiger partial charge in [0.05, 0.1) is 20.3 Å². The van der Waals surface area contributed by atoms with E-state index < -0.39 is 0 Å². The molecule has 4 heterocycles. The summed E-state index contributed by atoms with van der Waals surface area (Å²) in [4.78, 5) is 12.9. The molecule has 1 N–H and O–H groups in total. The second-order valence-electron chi connectivity index (χ2n) is 7.91. The van der Waals surface area contributed by atoms with Crippen LogP contribution in [0.2, 0.25) is 0 Å². The van der Waals surface area contributed by atoms with Crippen LogP contribution in [0.4, 0.5) is 11.7 Å². The van der Waals surface area contributed by atoms with Crippen LogP contribution < -0.4 is 14.5 Å². The Morgan fingerprint density at radius 1 is 1.03 bits per heavy atom. The number of H-pyrrole nitrogens is 1. The summed E-state index contributed by atoms with van der Waals surface area (Å²) in [6, 6.07) is 13.2. The zero-order chi connectivity index (χ0) is 20.1. The first-order valence-corrected chi connectivity index (χ1v) is 10.4. The molecule has 0 bridgehead atoms. The van der Waals surface area contributed by atoms with Crippen molar-refractivity contribution in [1.29, 1.82) is 0 Å². The molecule has 0 unspecified atom stereocenters. The molecule has 0 spiro atoms. The molecule has 7 heteroatoms. The number of aromatic nitrogens is 2. The number of rotatable bonds is 3. The van der Waals surface area contributed by atoms with Crippen LogP contribution in [-0.2, 0) is 17.7 Å². The van der Waals surface area contributed by atoms with Crippen molar-refractivity contribution in [3.63, 3.8) is 0 Å². The average molecular weight is 404 g/mol. The standard InChI is InChI=1S/C23H24N4O3/c1-28-16-3-4-19-17(13-16)18-14-27(7-6-20(18)24-19)15-2-5-22-21(12-15)25-23(30-22)26-8-10-29-11-9-26/h2-5,12-13,24H,6-11,14H2,1H3. The second kappa shape index (κ2) is 6.95. The SMILES string of the molecule is COc1ccc2[nH]c3c(c2c1)CN(c1ccc2oc(N4CCOCC4)nc2c1)CC3. The molecule has 4 aromatic rings. The lowest BCUT2D eigenvalue weighted by Gasteiger charge is -2.29. The van der Waals surface area contributed by atoms with Crippen LogP contribution in [0, 0.1) is 0 Å². The lowest BCUT2D eigenvalue weighted by molar-refractivity contribution is 0.120. The Hall–Kier alpha value is -3.19. The molecule has 2 aromatic carbocycles. The molecule has 30 heavy (non-hydrogen) atoms. The van der Waals surface area contributed by atoms with E-state index >= 15 is 0 Å². The molecule has 1 fully saturated rings. The number of anilines is 2. The molecule has 154 valence electrons. The molecule has 1 saturated heterocycles. The number of aromatic amines is 1. The third-order valence-corrected chi connectivity index (χ3v) is 6.19. The zero-order valence-corrected chi connectivity index (χ0v) is 17.0. The van der Waals surface area contributed by atoms with E-state index in [-0.39, 0.29) is 0 Å². The third kappa shape index (κ3) is 2.89. The summed E-state index contributed by atoms with van der Waals surface area (Å²) in [6.45, 7) is 4.90. The van der Waals surface area contributed by atoms with Gasteiger partial charge < -0.3 is 28.7 Å². The molecule has 0 amide bonds. The smallest absolute Gasteiger partial charge is 0.298 e. The van der Waals surface area contributed by atoms with Crippen molar-refractivity contribution in [2.45, 2.75) is 13.0 Å². The van der Waals surface area contributed by atoms with Gasteiger partial charge in [-0.2, -0.15) is 4.98 Å². The number of morpholine rings is 1. The van der Waals surface area contributed by atoms with E-state index in [0.717, 1.165) is 62.7 Å². The Morgan fingerprint density at radius 3 is 2.80 bits per heavy atom. The molecular formula is C23H24N4O3. The number of nitrogens with one attached hydrogen (secondary N) is 1. The summed E-state index contributed by atoms with van der Waals surface area (Å²) in [7, 11) is 1.71. The van der Waals surface area contributed by atoms with Crippen molar-refractivity contribution >= 4 is 33.7 Å². The predicted octanol–water partition coefficient (Wildman–Crippen LogP) is 3.72. The Bertz CT molecular complexity index is 1220. The number of methoxy groups -OCH3 is 1. The minimum Gasteiger partial charge on any atom is -0.497 e. The summed E-state index contributed by atoms with van der Waals surface area (Å²) in [6.07, 6.45) is 0.988. The fourth-order valence-electron chi connectivity index (χ4n) is 4.53. The lowest BCUT2D eigenvalue weighted by atomic mass is 10.0. The minimum absolute atomic E-state index is 0.690. The molecule has 0 saturated carbocycles. The van der Waals surface area contributed by atoms with Crippen LogP contribution in [0.3, 0.4) is 0 Å². The first kappa shape index (κ1) is 17.7. The summed E-state index contributed by atoms with van der Waals surface area (Å²) in [5.41, 5.74) is 6.75. The maximum Gasteiger partial charge on any atom is 0.298 e. The Labute approximate surface area is 174 Å². The van der Waals surface area contributed by atoms with E-state index in [1.54, 1.807) is 7.11 Å². The van der Waals surface area contributed by atoms with Gasteiger partial charge in [0.15, 0.2) is 5.58 Å². The highest BCUT2D eigenvalue weighted by atomic mass is 16.5. The lowest BCUT2D eigenvalue weighted by Crippen LogP contribution is -2.36. The minimum atomic E-state index is 0.690. The van der Waals surface area contributed by atoms with Crippen molar-refractivity contribution in [2.75, 3.05) is 49.8 Å². The maximum absolute atomic E-state index is 6.00. The number of hydrogen-bond acceptors (Lipinski definition) is 6. The highest BCUT2D eigenvalue weighted by Crippen LogP contribution is 2.34. The van der Waals surface area contributed by atoms with Gasteiger partial charge in [0.25, 0.3) is 6.01 Å². The molecule has 2 aromatic heterocycles. The van der Waals surface area contributed by atoms with Crippen LogP contribution in [-0.4, -0.2) is 49.9 Å². The Kier molecular flexibility index (Phi) is 4.09. The van der Waals surface area contributed by atoms with Crippen molar-refractivity contribution in [3.05, 3.63) is 47.7 Å². The van der Waals surface area contributed by atoms with Gasteiger partial charge in [0.2, 0.25) is 0 Å². The van der Waals surface area contributed by atoms with Crippen LogP contribution in [0.25, 0.3) is 22.0 Å². The van der Waals surface area contributed by atoms with Gasteiger partial charge in [0.1, 0.15) is 11.3 Å². The molecule has 7 nitrogen and oxygen atoms in total. The fraction of sp³-hybridized carbons (Fsp3) is 0.348. The Morgan fingerprint density at radius 2 is 1.93 bits per heavy atom. The fourth-order valence-corrected chi connectivity index (χ4v) is 4.53. The number of oxazole rings is 1. The van der Waals surface area contributed by atoms with Crippen LogP contribution in [0.1, 0.15) is 11.3 Å². The Balaban J connectivity index is 1.31. The van der Waals surface area contributed by atoms with Crippen molar-refractivity contribution < 1.29 is 13.9 Å². The predicted molar refractivity (Wildman–Crippen MR) is 117 cm³/mol. The summed E-state index contributed by atoms with van der Waals surface area (Å²) in [5.74, 6) is 0.890. The molecule has 0 radical (unpaired) electrons. The van der Waals surface area contributed by atoms with E-state index in [4.69, 9.17) is 18.9 Å². The molecular weight excluding hydrogens is 380 g/mol. The average Bonchev–Trinajstić information content (AvgIpc) is 3.39. The van der Waals surface area contributed by atoms with Crippen LogP contribution in [0.15, 0.2) is 40.8 Å². The molecule has 2 aliphatic heterocycles. The second-order valence-corrected chi connectivity index (χ2v) is 7.91. The van der Waals surface area contributed by atoms with Gasteiger partial charge in [0, 0.05) is 60.4 Å².